The van der Waals surface area contributed by atoms with Crippen molar-refractivity contribution in [2.24, 2.45) is 0 Å². The molecule has 4 nitrogen and oxygen atoms in total. The highest BCUT2D eigenvalue weighted by Crippen LogP contribution is 2.32. The number of anilines is 1. The van der Waals surface area contributed by atoms with Crippen molar-refractivity contribution in [2.45, 2.75) is 25.3 Å². The molecule has 3 aromatic rings. The first-order chi connectivity index (χ1) is 13.7. The monoisotopic (exact) mass is 394 g/mol. The summed E-state index contributed by atoms with van der Waals surface area (Å²) in [6.07, 6.45) is 3.66. The number of furan rings is 1. The van der Waals surface area contributed by atoms with E-state index >= 15 is 0 Å². The van der Waals surface area contributed by atoms with Crippen molar-refractivity contribution in [1.82, 2.24) is 4.90 Å². The van der Waals surface area contributed by atoms with Gasteiger partial charge in [-0.2, -0.15) is 0 Å². The third kappa shape index (κ3) is 4.46. The summed E-state index contributed by atoms with van der Waals surface area (Å²) >= 11 is 5.90. The number of carbonyl (C=O) groups excluding carboxylic acids is 1. The fourth-order valence-corrected chi connectivity index (χ4v) is 3.92. The number of rotatable bonds is 5. The minimum atomic E-state index is -0.214. The molecule has 0 atom stereocenters. The van der Waals surface area contributed by atoms with Crippen molar-refractivity contribution in [3.05, 3.63) is 88.8 Å². The summed E-state index contributed by atoms with van der Waals surface area (Å²) in [5.74, 6) is 0.544. The van der Waals surface area contributed by atoms with Gasteiger partial charge in [-0.05, 0) is 67.7 Å². The highest BCUT2D eigenvalue weighted by atomic mass is 35.5. The Bertz CT molecular complexity index is 913. The van der Waals surface area contributed by atoms with Crippen LogP contribution in [0, 0.1) is 0 Å². The van der Waals surface area contributed by atoms with Gasteiger partial charge in [0, 0.05) is 22.8 Å². The highest BCUT2D eigenvalue weighted by Gasteiger charge is 2.26. The molecule has 144 valence electrons. The Morgan fingerprint density at radius 2 is 1.75 bits per heavy atom. The van der Waals surface area contributed by atoms with Crippen LogP contribution in [0.4, 0.5) is 5.69 Å². The van der Waals surface area contributed by atoms with Gasteiger partial charge in [-0.25, -0.2) is 0 Å². The average Bonchev–Trinajstić information content (AvgIpc) is 3.21. The van der Waals surface area contributed by atoms with Crippen molar-refractivity contribution >= 4 is 23.2 Å². The van der Waals surface area contributed by atoms with Gasteiger partial charge in [0.05, 0.1) is 6.26 Å². The summed E-state index contributed by atoms with van der Waals surface area (Å²) < 4.78 is 5.55. The summed E-state index contributed by atoms with van der Waals surface area (Å²) in [6, 6.07) is 19.6. The van der Waals surface area contributed by atoms with E-state index in [2.05, 4.69) is 34.5 Å². The number of piperidine rings is 1. The largest absolute Gasteiger partial charge is 0.459 e. The molecule has 4 rings (SSSR count). The molecule has 1 saturated heterocycles. The maximum Gasteiger partial charge on any atom is 0.291 e. The van der Waals surface area contributed by atoms with Crippen LogP contribution >= 0.6 is 11.6 Å². The van der Waals surface area contributed by atoms with E-state index in [4.69, 9.17) is 16.0 Å². The lowest BCUT2D eigenvalue weighted by Gasteiger charge is -2.31. The van der Waals surface area contributed by atoms with Crippen LogP contribution in [-0.4, -0.2) is 23.9 Å². The van der Waals surface area contributed by atoms with Crippen molar-refractivity contribution < 1.29 is 9.21 Å². The summed E-state index contributed by atoms with van der Waals surface area (Å²) in [7, 11) is 0. The van der Waals surface area contributed by atoms with Crippen molar-refractivity contribution in [3.63, 3.8) is 0 Å². The molecule has 1 aliphatic heterocycles. The zero-order valence-corrected chi connectivity index (χ0v) is 16.4. The van der Waals surface area contributed by atoms with E-state index in [1.165, 1.54) is 5.56 Å². The third-order valence-electron chi connectivity index (χ3n) is 5.28. The number of hydrogen-bond acceptors (Lipinski definition) is 3. The molecule has 2 aromatic carbocycles. The Kier molecular flexibility index (Phi) is 5.79. The van der Waals surface area contributed by atoms with Crippen LogP contribution < -0.4 is 5.32 Å². The van der Waals surface area contributed by atoms with Gasteiger partial charge in [-0.1, -0.05) is 41.9 Å². The number of amides is 1. The van der Waals surface area contributed by atoms with E-state index in [0.717, 1.165) is 38.0 Å². The molecule has 0 unspecified atom stereocenters. The van der Waals surface area contributed by atoms with Crippen LogP contribution in [0.2, 0.25) is 5.02 Å². The Morgan fingerprint density at radius 1 is 1.04 bits per heavy atom. The van der Waals surface area contributed by atoms with Gasteiger partial charge in [0.2, 0.25) is 0 Å². The Balaban J connectivity index is 1.38. The van der Waals surface area contributed by atoms with Crippen LogP contribution in [0.3, 0.4) is 0 Å². The van der Waals surface area contributed by atoms with E-state index in [-0.39, 0.29) is 5.91 Å². The maximum absolute atomic E-state index is 12.7. The smallest absolute Gasteiger partial charge is 0.291 e. The number of carbonyl (C=O) groups is 1. The van der Waals surface area contributed by atoms with Crippen LogP contribution in [0.15, 0.2) is 71.3 Å². The van der Waals surface area contributed by atoms with Gasteiger partial charge >= 0.3 is 0 Å². The van der Waals surface area contributed by atoms with Crippen molar-refractivity contribution in [3.8, 4) is 0 Å². The molecule has 0 spiro atoms. The summed E-state index contributed by atoms with van der Waals surface area (Å²) in [6.45, 7) is 3.01. The van der Waals surface area contributed by atoms with Crippen LogP contribution in [-0.2, 0) is 6.54 Å². The molecule has 1 amide bonds. The molecule has 5 heteroatoms. The molecule has 28 heavy (non-hydrogen) atoms. The molecule has 1 fully saturated rings. The van der Waals surface area contributed by atoms with Gasteiger partial charge in [0.25, 0.3) is 5.91 Å². The van der Waals surface area contributed by atoms with Crippen LogP contribution in [0.1, 0.15) is 40.4 Å². The summed E-state index contributed by atoms with van der Waals surface area (Å²) in [5, 5.41) is 3.53. The zero-order valence-electron chi connectivity index (χ0n) is 15.6. The van der Waals surface area contributed by atoms with Gasteiger partial charge in [-0.15, -0.1) is 0 Å². The second-order valence-electron chi connectivity index (χ2n) is 7.20. The molecular weight excluding hydrogens is 372 g/mol. The molecular formula is C23H23ClN2O2. The fraction of sp³-hybridized carbons (Fsp3) is 0.261. The lowest BCUT2D eigenvalue weighted by molar-refractivity contribution is 0.0993. The summed E-state index contributed by atoms with van der Waals surface area (Å²) in [5.41, 5.74) is 3.05. The second-order valence-corrected chi connectivity index (χ2v) is 7.64. The first-order valence-electron chi connectivity index (χ1n) is 9.59. The standard InChI is InChI=1S/C23H23ClN2O2/c24-19-6-8-20(9-7-19)25-23(27)22-21(12-15-28-22)18-10-13-26(14-11-18)16-17-4-2-1-3-5-17/h1-9,12,15,18H,10-11,13-14,16H2,(H,25,27). The molecule has 2 heterocycles. The zero-order chi connectivity index (χ0) is 19.3. The average molecular weight is 395 g/mol. The van der Waals surface area contributed by atoms with Gasteiger partial charge in [-0.3, -0.25) is 9.69 Å². The van der Waals surface area contributed by atoms with E-state index in [1.54, 1.807) is 30.5 Å². The quantitative estimate of drug-likeness (QED) is 0.615. The summed E-state index contributed by atoms with van der Waals surface area (Å²) in [4.78, 5) is 15.2. The SMILES string of the molecule is O=C(Nc1ccc(Cl)cc1)c1occc1C1CCN(Cc2ccccc2)CC1. The number of nitrogens with one attached hydrogen (secondary N) is 1. The first kappa shape index (κ1) is 18.8. The van der Waals surface area contributed by atoms with Gasteiger partial charge < -0.3 is 9.73 Å². The van der Waals surface area contributed by atoms with Gasteiger partial charge in [0.15, 0.2) is 5.76 Å². The van der Waals surface area contributed by atoms with E-state index in [0.29, 0.717) is 22.4 Å². The normalized spacial score (nSPS) is 15.5. The Labute approximate surface area is 170 Å². The minimum Gasteiger partial charge on any atom is -0.459 e. The lowest BCUT2D eigenvalue weighted by atomic mass is 9.89. The molecule has 0 saturated carbocycles. The maximum atomic E-state index is 12.7. The Hall–Kier alpha value is -2.56. The molecule has 1 N–H and O–H groups in total. The molecule has 1 aromatic heterocycles. The molecule has 0 bridgehead atoms. The minimum absolute atomic E-state index is 0.214. The second kappa shape index (κ2) is 8.63. The van der Waals surface area contributed by atoms with Gasteiger partial charge in [0.1, 0.15) is 0 Å². The number of likely N-dealkylation sites (tertiary alicyclic amines) is 1. The lowest BCUT2D eigenvalue weighted by Crippen LogP contribution is -2.32. The van der Waals surface area contributed by atoms with Crippen LogP contribution in [0.25, 0.3) is 0 Å². The molecule has 0 aliphatic carbocycles. The number of hydrogen-bond donors (Lipinski definition) is 1. The predicted molar refractivity (Wildman–Crippen MR) is 112 cm³/mol. The first-order valence-corrected chi connectivity index (χ1v) is 9.97. The third-order valence-corrected chi connectivity index (χ3v) is 5.53. The Morgan fingerprint density at radius 3 is 2.46 bits per heavy atom. The van der Waals surface area contributed by atoms with Crippen LogP contribution in [0.5, 0.6) is 0 Å². The fourth-order valence-electron chi connectivity index (χ4n) is 3.79. The number of benzene rings is 2. The van der Waals surface area contributed by atoms with E-state index in [1.807, 2.05) is 12.1 Å². The van der Waals surface area contributed by atoms with E-state index < -0.39 is 0 Å². The molecule has 1 aliphatic rings. The van der Waals surface area contributed by atoms with Crippen molar-refractivity contribution in [1.29, 1.82) is 0 Å². The predicted octanol–water partition coefficient (Wildman–Crippen LogP) is 5.56. The van der Waals surface area contributed by atoms with E-state index in [9.17, 15) is 4.79 Å². The highest BCUT2D eigenvalue weighted by molar-refractivity contribution is 6.30. The van der Waals surface area contributed by atoms with Crippen molar-refractivity contribution in [2.75, 3.05) is 18.4 Å². The topological polar surface area (TPSA) is 45.5 Å². The molecule has 0 radical (unpaired) electrons. The number of halogens is 1. The number of nitrogens with zero attached hydrogens (tertiary/aromatic N) is 1.